The molecule has 0 aliphatic heterocycles. The van der Waals surface area contributed by atoms with Gasteiger partial charge in [0, 0.05) is 31.3 Å². The van der Waals surface area contributed by atoms with Crippen LogP contribution in [-0.2, 0) is 17.8 Å². The number of rotatable bonds is 8. The minimum Gasteiger partial charge on any atom is -0.416 e. The Bertz CT molecular complexity index is 983. The predicted molar refractivity (Wildman–Crippen MR) is 107 cm³/mol. The first-order valence-electron chi connectivity index (χ1n) is 10.0. The lowest BCUT2D eigenvalue weighted by Crippen LogP contribution is -2.40. The molecule has 0 unspecified atom stereocenters. The lowest BCUT2D eigenvalue weighted by atomic mass is 9.84. The Hall–Kier alpha value is -2.36. The molecule has 2 fully saturated rings. The van der Waals surface area contributed by atoms with E-state index >= 15 is 0 Å². The fourth-order valence-corrected chi connectivity index (χ4v) is 5.26. The average molecular weight is 420 g/mol. The van der Waals surface area contributed by atoms with Crippen molar-refractivity contribution in [2.24, 2.45) is 17.8 Å². The highest BCUT2D eigenvalue weighted by atomic mass is 32.2. The lowest BCUT2D eigenvalue weighted by molar-refractivity contribution is -0.119. The molecule has 2 aromatic heterocycles. The van der Waals surface area contributed by atoms with Crippen LogP contribution in [0.2, 0.25) is 0 Å². The molecule has 4 rings (SSSR count). The van der Waals surface area contributed by atoms with Gasteiger partial charge in [0.2, 0.25) is 11.8 Å². The predicted octanol–water partition coefficient (Wildman–Crippen LogP) is 1.20. The Balaban J connectivity index is 1.22. The van der Waals surface area contributed by atoms with Crippen LogP contribution in [0.3, 0.4) is 0 Å². The van der Waals surface area contributed by atoms with Crippen molar-refractivity contribution in [3.8, 4) is 0 Å². The topological polar surface area (TPSA) is 123 Å². The van der Waals surface area contributed by atoms with Crippen LogP contribution >= 0.6 is 11.8 Å². The standard InChI is InChI=1S/C19H25N5O4S/c1-11(14-9-12-2-3-13(14)8-12)20-16(26)10-29-19-23-22-17(28-19)5-7-24-6-4-15(25)21-18(24)27/h4,6,11-14H,2-3,5,7-10H2,1H3,(H,20,26)(H,21,25,27)/t11-,12+,13+,14-/m0/s1. The highest BCUT2D eigenvalue weighted by molar-refractivity contribution is 7.99. The van der Waals surface area contributed by atoms with Gasteiger partial charge in [-0.1, -0.05) is 18.2 Å². The number of aryl methyl sites for hydroxylation is 2. The number of carbonyl (C=O) groups excluding carboxylic acids is 1. The number of amides is 1. The first kappa shape index (κ1) is 19.9. The highest BCUT2D eigenvalue weighted by Gasteiger charge is 2.42. The van der Waals surface area contributed by atoms with E-state index in [0.717, 1.165) is 11.8 Å². The van der Waals surface area contributed by atoms with E-state index in [0.29, 0.717) is 30.0 Å². The Kier molecular flexibility index (Phi) is 5.89. The van der Waals surface area contributed by atoms with E-state index in [1.54, 1.807) is 0 Å². The summed E-state index contributed by atoms with van der Waals surface area (Å²) in [6.45, 7) is 2.42. The molecule has 2 bridgehead atoms. The van der Waals surface area contributed by atoms with Crippen molar-refractivity contribution in [2.45, 2.75) is 56.8 Å². The number of nitrogens with zero attached hydrogens (tertiary/aromatic N) is 3. The molecule has 0 aromatic carbocycles. The maximum atomic E-state index is 12.3. The molecule has 9 nitrogen and oxygen atoms in total. The highest BCUT2D eigenvalue weighted by Crippen LogP contribution is 2.49. The summed E-state index contributed by atoms with van der Waals surface area (Å²) in [5.74, 6) is 2.82. The second kappa shape index (κ2) is 8.56. The molecular formula is C19H25N5O4S. The van der Waals surface area contributed by atoms with Crippen molar-refractivity contribution in [3.05, 3.63) is 39.0 Å². The van der Waals surface area contributed by atoms with Crippen LogP contribution in [-0.4, -0.2) is 37.5 Å². The lowest BCUT2D eigenvalue weighted by Gasteiger charge is -2.28. The largest absolute Gasteiger partial charge is 0.416 e. The van der Waals surface area contributed by atoms with E-state index in [4.69, 9.17) is 4.42 Å². The summed E-state index contributed by atoms with van der Waals surface area (Å²) in [5, 5.41) is 11.4. The van der Waals surface area contributed by atoms with Gasteiger partial charge in [0.1, 0.15) is 0 Å². The van der Waals surface area contributed by atoms with E-state index < -0.39 is 11.2 Å². The number of carbonyl (C=O) groups is 1. The zero-order valence-corrected chi connectivity index (χ0v) is 17.1. The third kappa shape index (κ3) is 4.80. The Morgan fingerprint density at radius 3 is 2.97 bits per heavy atom. The van der Waals surface area contributed by atoms with Crippen molar-refractivity contribution < 1.29 is 9.21 Å². The maximum absolute atomic E-state index is 12.3. The van der Waals surface area contributed by atoms with Crippen LogP contribution in [0.5, 0.6) is 0 Å². The molecule has 4 atom stereocenters. The van der Waals surface area contributed by atoms with E-state index in [1.165, 1.54) is 54.3 Å². The van der Waals surface area contributed by atoms with Crippen molar-refractivity contribution in [1.82, 2.24) is 25.1 Å². The van der Waals surface area contributed by atoms with Gasteiger partial charge in [0.15, 0.2) is 0 Å². The average Bonchev–Trinajstić information content (AvgIpc) is 3.42. The second-order valence-electron chi connectivity index (χ2n) is 8.00. The Morgan fingerprint density at radius 2 is 2.24 bits per heavy atom. The molecule has 2 aliphatic rings. The molecule has 1 amide bonds. The normalized spacial score (nSPS) is 24.0. The molecule has 2 aliphatic carbocycles. The third-order valence-electron chi connectivity index (χ3n) is 6.06. The minimum atomic E-state index is -0.479. The molecule has 10 heteroatoms. The summed E-state index contributed by atoms with van der Waals surface area (Å²) in [6.07, 6.45) is 7.01. The van der Waals surface area contributed by atoms with Crippen molar-refractivity contribution in [1.29, 1.82) is 0 Å². The van der Waals surface area contributed by atoms with Gasteiger partial charge in [-0.15, -0.1) is 10.2 Å². The second-order valence-corrected chi connectivity index (χ2v) is 8.93. The number of fused-ring (bicyclic) bond motifs is 2. The summed E-state index contributed by atoms with van der Waals surface area (Å²) < 4.78 is 6.90. The van der Waals surface area contributed by atoms with Crippen LogP contribution in [0, 0.1) is 17.8 Å². The van der Waals surface area contributed by atoms with Gasteiger partial charge in [-0.2, -0.15) is 0 Å². The monoisotopic (exact) mass is 419 g/mol. The van der Waals surface area contributed by atoms with Gasteiger partial charge in [0.25, 0.3) is 10.8 Å². The SMILES string of the molecule is C[C@H](NC(=O)CSc1nnc(CCn2ccc(=O)[nH]c2=O)o1)[C@@H]1C[C@@H]2CC[C@@H]1C2. The fourth-order valence-electron chi connectivity index (χ4n) is 4.67. The molecule has 0 saturated heterocycles. The van der Waals surface area contributed by atoms with Gasteiger partial charge in [-0.3, -0.25) is 14.6 Å². The quantitative estimate of drug-likeness (QED) is 0.616. The van der Waals surface area contributed by atoms with Crippen LogP contribution in [0.4, 0.5) is 0 Å². The molecule has 2 aromatic rings. The third-order valence-corrected chi connectivity index (χ3v) is 6.88. The van der Waals surface area contributed by atoms with Crippen LogP contribution in [0.1, 0.15) is 38.5 Å². The van der Waals surface area contributed by atoms with E-state index in [1.807, 2.05) is 0 Å². The molecule has 2 saturated carbocycles. The van der Waals surface area contributed by atoms with Gasteiger partial charge in [-0.25, -0.2) is 4.79 Å². The van der Waals surface area contributed by atoms with Gasteiger partial charge in [-0.05, 0) is 43.9 Å². The molecule has 29 heavy (non-hydrogen) atoms. The minimum absolute atomic E-state index is 0.0233. The van der Waals surface area contributed by atoms with E-state index in [9.17, 15) is 14.4 Å². The maximum Gasteiger partial charge on any atom is 0.328 e. The number of nitrogens with one attached hydrogen (secondary N) is 2. The van der Waals surface area contributed by atoms with E-state index in [2.05, 4.69) is 27.4 Å². The molecule has 0 radical (unpaired) electrons. The number of thioether (sulfide) groups is 1. The van der Waals surface area contributed by atoms with Crippen molar-refractivity contribution in [2.75, 3.05) is 5.75 Å². The molecule has 2 N–H and O–H groups in total. The Labute approximate surface area is 171 Å². The van der Waals surface area contributed by atoms with Crippen molar-refractivity contribution in [3.63, 3.8) is 0 Å². The summed E-state index contributed by atoms with van der Waals surface area (Å²) >= 11 is 1.21. The first-order valence-corrected chi connectivity index (χ1v) is 11.0. The van der Waals surface area contributed by atoms with Gasteiger partial charge >= 0.3 is 5.69 Å². The number of H-pyrrole nitrogens is 1. The number of aromatic nitrogens is 4. The van der Waals surface area contributed by atoms with Crippen molar-refractivity contribution >= 4 is 17.7 Å². The van der Waals surface area contributed by atoms with E-state index in [-0.39, 0.29) is 17.7 Å². The fraction of sp³-hybridized carbons (Fsp3) is 0.632. The van der Waals surface area contributed by atoms with Gasteiger partial charge in [0.05, 0.1) is 5.75 Å². The molecule has 156 valence electrons. The van der Waals surface area contributed by atoms with Crippen LogP contribution in [0.25, 0.3) is 0 Å². The number of hydrogen-bond donors (Lipinski definition) is 2. The van der Waals surface area contributed by atoms with Crippen LogP contribution < -0.4 is 16.6 Å². The zero-order chi connectivity index (χ0) is 20.4. The first-order chi connectivity index (χ1) is 14.0. The van der Waals surface area contributed by atoms with Crippen LogP contribution in [0.15, 0.2) is 31.5 Å². The summed E-state index contributed by atoms with van der Waals surface area (Å²) in [6, 6.07) is 1.49. The smallest absolute Gasteiger partial charge is 0.328 e. The van der Waals surface area contributed by atoms with Gasteiger partial charge < -0.3 is 14.3 Å². The molecule has 0 spiro atoms. The summed E-state index contributed by atoms with van der Waals surface area (Å²) in [5.41, 5.74) is -0.913. The molecular weight excluding hydrogens is 394 g/mol. The summed E-state index contributed by atoms with van der Waals surface area (Å²) in [4.78, 5) is 37.2. The number of hydrogen-bond acceptors (Lipinski definition) is 7. The Morgan fingerprint density at radius 1 is 1.38 bits per heavy atom. The summed E-state index contributed by atoms with van der Waals surface area (Å²) in [7, 11) is 0. The number of aromatic amines is 1. The zero-order valence-electron chi connectivity index (χ0n) is 16.3. The molecule has 2 heterocycles.